The number of aliphatic hydroxyl groups excluding tert-OH is 1. The van der Waals surface area contributed by atoms with E-state index in [0.29, 0.717) is 37.6 Å². The third kappa shape index (κ3) is 5.31. The molecule has 10 heteroatoms. The van der Waals surface area contributed by atoms with Gasteiger partial charge in [0.15, 0.2) is 23.1 Å². The van der Waals surface area contributed by atoms with Crippen LogP contribution in [0.4, 0.5) is 10.1 Å². The first-order valence-electron chi connectivity index (χ1n) is 10.5. The fraction of sp³-hybridized carbons (Fsp3) is 0.167. The molecule has 3 aromatic rings. The maximum absolute atomic E-state index is 13.4. The summed E-state index contributed by atoms with van der Waals surface area (Å²) in [5.41, 5.74) is 1.22. The average molecular weight is 501 g/mol. The number of aromatic nitrogens is 1. The fourth-order valence-electron chi connectivity index (χ4n) is 3.48. The number of aliphatic hydroxyl groups is 1. The molecule has 0 spiro atoms. The zero-order valence-electron chi connectivity index (χ0n) is 18.1. The summed E-state index contributed by atoms with van der Waals surface area (Å²) in [6, 6.07) is 17.1. The van der Waals surface area contributed by atoms with Gasteiger partial charge in [-0.25, -0.2) is 12.8 Å². The molecule has 2 heterocycles. The van der Waals surface area contributed by atoms with E-state index in [0.717, 1.165) is 0 Å². The van der Waals surface area contributed by atoms with E-state index in [1.165, 1.54) is 40.7 Å². The summed E-state index contributed by atoms with van der Waals surface area (Å²) < 4.78 is 47.3. The summed E-state index contributed by atoms with van der Waals surface area (Å²) in [6.45, 7) is 1.38. The van der Waals surface area contributed by atoms with E-state index < -0.39 is 15.8 Å². The second-order valence-electron chi connectivity index (χ2n) is 7.48. The van der Waals surface area contributed by atoms with Crippen molar-refractivity contribution in [3.63, 3.8) is 0 Å². The van der Waals surface area contributed by atoms with Crippen molar-refractivity contribution in [3.05, 3.63) is 90.5 Å². The highest BCUT2D eigenvalue weighted by Crippen LogP contribution is 2.22. The molecule has 1 saturated heterocycles. The first-order valence-corrected chi connectivity index (χ1v) is 12.4. The number of pyridine rings is 1. The highest BCUT2D eigenvalue weighted by molar-refractivity contribution is 7.89. The highest BCUT2D eigenvalue weighted by atomic mass is 32.2. The van der Waals surface area contributed by atoms with Gasteiger partial charge < -0.3 is 15.2 Å². The predicted octanol–water partition coefficient (Wildman–Crippen LogP) is 3.46. The number of nitrogens with one attached hydrogen (secondary N) is 1. The first kappa shape index (κ1) is 24.0. The number of anilines is 1. The molecular weight excluding hydrogens is 477 g/mol. The zero-order valence-corrected chi connectivity index (χ0v) is 19.7. The minimum Gasteiger partial charge on any atom is -0.502 e. The van der Waals surface area contributed by atoms with Crippen LogP contribution in [-0.2, 0) is 14.8 Å². The summed E-state index contributed by atoms with van der Waals surface area (Å²) in [5.74, 6) is -0.557. The van der Waals surface area contributed by atoms with Gasteiger partial charge in [-0.05, 0) is 48.5 Å². The maximum atomic E-state index is 13.4. The van der Waals surface area contributed by atoms with E-state index in [2.05, 4.69) is 5.32 Å². The van der Waals surface area contributed by atoms with Gasteiger partial charge in [-0.2, -0.15) is 8.87 Å². The van der Waals surface area contributed by atoms with Crippen LogP contribution in [0.1, 0.15) is 5.56 Å². The Morgan fingerprint density at radius 2 is 1.62 bits per heavy atom. The molecule has 1 fully saturated rings. The van der Waals surface area contributed by atoms with Crippen molar-refractivity contribution in [1.82, 2.24) is 4.31 Å². The van der Waals surface area contributed by atoms with Crippen molar-refractivity contribution in [2.45, 2.75) is 4.90 Å². The van der Waals surface area contributed by atoms with Gasteiger partial charge in [0.25, 0.3) is 5.70 Å². The fourth-order valence-corrected chi connectivity index (χ4v) is 5.20. The van der Waals surface area contributed by atoms with Gasteiger partial charge in [0.1, 0.15) is 5.82 Å². The van der Waals surface area contributed by atoms with E-state index >= 15 is 0 Å². The predicted molar refractivity (Wildman–Crippen MR) is 131 cm³/mol. The number of hydrogen-bond donors (Lipinski definition) is 2. The molecule has 0 radical (unpaired) electrons. The molecule has 7 nitrogen and oxygen atoms in total. The van der Waals surface area contributed by atoms with Crippen LogP contribution < -0.4 is 9.88 Å². The van der Waals surface area contributed by atoms with E-state index in [-0.39, 0.29) is 21.3 Å². The standard InChI is InChI=1S/C24H22FN3O4S2/c25-19-6-4-18(5-7-19)23(29)22(27-12-2-1-3-13-27)24(33)26-20-8-10-21(11-9-20)34(30,31)28-14-16-32-17-15-28/h1-13H,14-17H2,(H-,26,29,33)/p+1. The smallest absolute Gasteiger partial charge is 0.288 e. The van der Waals surface area contributed by atoms with Crippen LogP contribution in [0.5, 0.6) is 0 Å². The normalized spacial score (nSPS) is 15.4. The third-order valence-corrected chi connectivity index (χ3v) is 7.46. The third-order valence-electron chi connectivity index (χ3n) is 5.25. The number of rotatable bonds is 6. The SMILES string of the molecule is O=S(=O)(c1ccc(NC(=S)/C(=C(\O)c2ccc(F)cc2)[n+]2ccccc2)cc1)N1CCOCC1. The molecule has 0 aliphatic carbocycles. The van der Waals surface area contributed by atoms with Crippen molar-refractivity contribution < 1.29 is 27.2 Å². The molecule has 4 rings (SSSR count). The summed E-state index contributed by atoms with van der Waals surface area (Å²) in [6.07, 6.45) is 3.45. The quantitative estimate of drug-likeness (QED) is 0.234. The Morgan fingerprint density at radius 1 is 1.00 bits per heavy atom. The number of sulfonamides is 1. The average Bonchev–Trinajstić information content (AvgIpc) is 2.86. The molecule has 176 valence electrons. The first-order chi connectivity index (χ1) is 16.4. The Labute approximate surface area is 202 Å². The Hall–Kier alpha value is -3.18. The number of halogens is 1. The van der Waals surface area contributed by atoms with Crippen LogP contribution in [-0.4, -0.2) is 49.1 Å². The summed E-state index contributed by atoms with van der Waals surface area (Å²) in [4.78, 5) is 0.370. The van der Waals surface area contributed by atoms with Gasteiger partial charge in [0.2, 0.25) is 10.0 Å². The van der Waals surface area contributed by atoms with Crippen LogP contribution in [0.15, 0.2) is 84.0 Å². The summed E-state index contributed by atoms with van der Waals surface area (Å²) >= 11 is 5.59. The lowest BCUT2D eigenvalue weighted by molar-refractivity contribution is -0.575. The number of nitrogens with zero attached hydrogens (tertiary/aromatic N) is 2. The second-order valence-corrected chi connectivity index (χ2v) is 9.83. The number of thiocarbonyl (C=S) groups is 1. The van der Waals surface area contributed by atoms with Crippen molar-refractivity contribution in [2.24, 2.45) is 0 Å². The molecule has 0 bridgehead atoms. The highest BCUT2D eigenvalue weighted by Gasteiger charge is 2.27. The number of benzene rings is 2. The molecule has 0 atom stereocenters. The molecule has 0 amide bonds. The minimum atomic E-state index is -3.61. The monoisotopic (exact) mass is 500 g/mol. The lowest BCUT2D eigenvalue weighted by Gasteiger charge is -2.26. The van der Waals surface area contributed by atoms with Gasteiger partial charge in [-0.1, -0.05) is 18.3 Å². The molecule has 1 aliphatic rings. The minimum absolute atomic E-state index is 0.139. The zero-order chi connectivity index (χ0) is 24.1. The topological polar surface area (TPSA) is 82.8 Å². The molecule has 0 unspecified atom stereocenters. The van der Waals surface area contributed by atoms with Crippen molar-refractivity contribution in [1.29, 1.82) is 0 Å². The van der Waals surface area contributed by atoms with Crippen molar-refractivity contribution in [2.75, 3.05) is 31.6 Å². The van der Waals surface area contributed by atoms with Crippen LogP contribution >= 0.6 is 12.2 Å². The Bertz CT molecular complexity index is 1290. The molecule has 0 saturated carbocycles. The van der Waals surface area contributed by atoms with E-state index in [4.69, 9.17) is 17.0 Å². The molecule has 2 N–H and O–H groups in total. The lowest BCUT2D eigenvalue weighted by atomic mass is 10.1. The number of ether oxygens (including phenoxy) is 1. The van der Waals surface area contributed by atoms with Crippen LogP contribution in [0.3, 0.4) is 0 Å². The van der Waals surface area contributed by atoms with Gasteiger partial charge in [-0.15, -0.1) is 0 Å². The van der Waals surface area contributed by atoms with Crippen LogP contribution in [0.25, 0.3) is 11.5 Å². The maximum Gasteiger partial charge on any atom is 0.288 e. The molecule has 1 aromatic heterocycles. The van der Waals surface area contributed by atoms with E-state index in [9.17, 15) is 17.9 Å². The lowest BCUT2D eigenvalue weighted by Crippen LogP contribution is -2.40. The van der Waals surface area contributed by atoms with E-state index in [1.807, 2.05) is 6.07 Å². The summed E-state index contributed by atoms with van der Waals surface area (Å²) in [5, 5.41) is 14.0. The van der Waals surface area contributed by atoms with Gasteiger partial charge >= 0.3 is 0 Å². The number of hydrogen-bond acceptors (Lipinski definition) is 5. The Kier molecular flexibility index (Phi) is 7.32. The van der Waals surface area contributed by atoms with E-state index in [1.54, 1.807) is 41.2 Å². The van der Waals surface area contributed by atoms with Crippen LogP contribution in [0.2, 0.25) is 0 Å². The van der Waals surface area contributed by atoms with Gasteiger partial charge in [-0.3, -0.25) is 0 Å². The largest absolute Gasteiger partial charge is 0.502 e. The second kappa shape index (κ2) is 10.4. The van der Waals surface area contributed by atoms with Gasteiger partial charge in [0.05, 0.1) is 18.1 Å². The molecule has 2 aromatic carbocycles. The summed E-state index contributed by atoms with van der Waals surface area (Å²) in [7, 11) is -3.61. The number of morpholine rings is 1. The van der Waals surface area contributed by atoms with Crippen LogP contribution in [0, 0.1) is 5.82 Å². The van der Waals surface area contributed by atoms with Crippen molar-refractivity contribution >= 4 is 44.4 Å². The van der Waals surface area contributed by atoms with Gasteiger partial charge in [0, 0.05) is 36.5 Å². The molecule has 34 heavy (non-hydrogen) atoms. The Balaban J connectivity index is 1.61. The van der Waals surface area contributed by atoms with Crippen molar-refractivity contribution in [3.8, 4) is 0 Å². The Morgan fingerprint density at radius 3 is 2.24 bits per heavy atom. The molecule has 1 aliphatic heterocycles. The molecular formula is C24H23FN3O4S2+.